The summed E-state index contributed by atoms with van der Waals surface area (Å²) in [6.07, 6.45) is 2.02. The molecule has 0 unspecified atom stereocenters. The lowest BCUT2D eigenvalue weighted by atomic mass is 9.67. The highest BCUT2D eigenvalue weighted by atomic mass is 15.5. The summed E-state index contributed by atoms with van der Waals surface area (Å²) in [5, 5.41) is 3.51. The van der Waals surface area contributed by atoms with Gasteiger partial charge in [0, 0.05) is 21.9 Å². The van der Waals surface area contributed by atoms with Gasteiger partial charge in [0.05, 0.1) is 21.8 Å². The summed E-state index contributed by atoms with van der Waals surface area (Å²) in [4.78, 5) is 5.28. The van der Waals surface area contributed by atoms with Gasteiger partial charge in [-0.15, -0.1) is 4.68 Å². The van der Waals surface area contributed by atoms with Crippen LogP contribution in [-0.4, -0.2) is 9.66 Å². The molecule has 0 N–H and O–H groups in total. The lowest BCUT2D eigenvalue weighted by molar-refractivity contribution is -0.698. The van der Waals surface area contributed by atoms with Crippen LogP contribution in [0.15, 0.2) is 207 Å². The first-order valence-corrected chi connectivity index (χ1v) is 18.6. The Morgan fingerprint density at radius 1 is 0.426 bits per heavy atom. The molecule has 10 aromatic rings. The van der Waals surface area contributed by atoms with Gasteiger partial charge in [-0.05, 0) is 74.3 Å². The summed E-state index contributed by atoms with van der Waals surface area (Å²) in [5.41, 5.74) is 14.8. The number of benzene rings is 8. The van der Waals surface area contributed by atoms with Crippen molar-refractivity contribution in [3.63, 3.8) is 0 Å². The van der Waals surface area contributed by atoms with Crippen LogP contribution < -0.4 is 4.68 Å². The number of nitrogens with zero attached hydrogens (tertiary/aromatic N) is 3. The van der Waals surface area contributed by atoms with Crippen LogP contribution in [0.2, 0.25) is 0 Å². The predicted octanol–water partition coefficient (Wildman–Crippen LogP) is 11.6. The third kappa shape index (κ3) is 4.30. The fraction of sp³-hybridized carbons (Fsp3) is 0.0196. The molecule has 1 aliphatic rings. The second-order valence-electron chi connectivity index (χ2n) is 14.1. The van der Waals surface area contributed by atoms with Crippen molar-refractivity contribution >= 4 is 32.7 Å². The van der Waals surface area contributed by atoms with Crippen molar-refractivity contribution in [3.05, 3.63) is 229 Å². The first kappa shape index (κ1) is 30.5. The van der Waals surface area contributed by atoms with Crippen LogP contribution in [0.4, 0.5) is 0 Å². The number of hydrogen-bond acceptors (Lipinski definition) is 1. The summed E-state index contributed by atoms with van der Waals surface area (Å²) in [6.45, 7) is 0. The Labute approximate surface area is 313 Å². The molecule has 0 saturated carbocycles. The summed E-state index contributed by atoms with van der Waals surface area (Å²) in [5.74, 6) is 0. The van der Waals surface area contributed by atoms with Crippen LogP contribution >= 0.6 is 0 Å². The predicted molar refractivity (Wildman–Crippen MR) is 220 cm³/mol. The Bertz CT molecular complexity index is 2980. The van der Waals surface area contributed by atoms with Crippen molar-refractivity contribution in [1.29, 1.82) is 0 Å². The lowest BCUT2D eigenvalue weighted by Gasteiger charge is -2.34. The van der Waals surface area contributed by atoms with Gasteiger partial charge >= 0.3 is 6.33 Å². The highest BCUT2D eigenvalue weighted by molar-refractivity contribution is 6.12. The van der Waals surface area contributed by atoms with E-state index in [2.05, 4.69) is 210 Å². The molecule has 0 atom stereocenters. The molecule has 0 saturated heterocycles. The van der Waals surface area contributed by atoms with Crippen molar-refractivity contribution in [2.75, 3.05) is 0 Å². The number of aromatic nitrogens is 3. The van der Waals surface area contributed by atoms with Gasteiger partial charge in [0.1, 0.15) is 0 Å². The van der Waals surface area contributed by atoms with E-state index in [0.29, 0.717) is 0 Å². The van der Waals surface area contributed by atoms with E-state index in [1.54, 1.807) is 0 Å². The first-order valence-electron chi connectivity index (χ1n) is 18.6. The summed E-state index contributed by atoms with van der Waals surface area (Å²) < 4.78 is 4.69. The Balaban J connectivity index is 1.24. The maximum absolute atomic E-state index is 5.28. The Hall–Kier alpha value is -7.10. The van der Waals surface area contributed by atoms with E-state index in [-0.39, 0.29) is 0 Å². The van der Waals surface area contributed by atoms with Gasteiger partial charge in [0.25, 0.3) is 0 Å². The van der Waals surface area contributed by atoms with Crippen LogP contribution in [0.3, 0.4) is 0 Å². The number of fused-ring (bicyclic) bond motifs is 8. The SMILES string of the molecule is c1ccc(-c2ccc(-c3nc[n+](-n4c5ccccc5c5ccc6c(c54)C(c4ccccc4)(c4ccccc4)c4ccccc4-6)c4ccccc34)cc2)cc1. The van der Waals surface area contributed by atoms with Crippen molar-refractivity contribution in [3.8, 4) is 33.5 Å². The molecule has 1 aliphatic carbocycles. The molecule has 54 heavy (non-hydrogen) atoms. The third-order valence-electron chi connectivity index (χ3n) is 11.4. The fourth-order valence-electron chi connectivity index (χ4n) is 9.14. The largest absolute Gasteiger partial charge is 0.311 e. The monoisotopic (exact) mass is 688 g/mol. The quantitative estimate of drug-likeness (QED) is 0.165. The fourth-order valence-corrected chi connectivity index (χ4v) is 9.14. The zero-order valence-corrected chi connectivity index (χ0v) is 29.5. The van der Waals surface area contributed by atoms with Crippen molar-refractivity contribution < 1.29 is 4.68 Å². The van der Waals surface area contributed by atoms with Gasteiger partial charge in [-0.2, -0.15) is 4.68 Å². The Morgan fingerprint density at radius 3 is 1.74 bits per heavy atom. The van der Waals surface area contributed by atoms with Crippen LogP contribution in [-0.2, 0) is 5.41 Å². The minimum absolute atomic E-state index is 0.565. The van der Waals surface area contributed by atoms with Gasteiger partial charge in [-0.1, -0.05) is 170 Å². The molecule has 0 bridgehead atoms. The van der Waals surface area contributed by atoms with Gasteiger partial charge in [0.15, 0.2) is 11.2 Å². The molecule has 0 fully saturated rings. The summed E-state index contributed by atoms with van der Waals surface area (Å²) >= 11 is 0. The molecule has 8 aromatic carbocycles. The molecule has 11 rings (SSSR count). The van der Waals surface area contributed by atoms with Gasteiger partial charge in [0.2, 0.25) is 0 Å². The van der Waals surface area contributed by atoms with E-state index in [1.165, 1.54) is 60.8 Å². The van der Waals surface area contributed by atoms with Crippen molar-refractivity contribution in [2.24, 2.45) is 0 Å². The number of rotatable bonds is 5. The zero-order chi connectivity index (χ0) is 35.6. The average Bonchev–Trinajstić information content (AvgIpc) is 3.75. The molecule has 3 nitrogen and oxygen atoms in total. The summed E-state index contributed by atoms with van der Waals surface area (Å²) in [7, 11) is 0. The highest BCUT2D eigenvalue weighted by Crippen LogP contribution is 2.58. The second-order valence-corrected chi connectivity index (χ2v) is 14.1. The average molecular weight is 689 g/mol. The summed E-state index contributed by atoms with van der Waals surface area (Å²) in [6, 6.07) is 72.6. The maximum Gasteiger partial charge on any atom is 0.311 e. The van der Waals surface area contributed by atoms with Crippen LogP contribution in [0, 0.1) is 0 Å². The maximum atomic E-state index is 5.28. The van der Waals surface area contributed by atoms with Crippen molar-refractivity contribution in [2.45, 2.75) is 5.41 Å². The molecule has 0 radical (unpaired) electrons. The number of hydrogen-bond donors (Lipinski definition) is 0. The van der Waals surface area contributed by atoms with Crippen LogP contribution in [0.1, 0.15) is 22.3 Å². The zero-order valence-electron chi connectivity index (χ0n) is 29.5. The van der Waals surface area contributed by atoms with Crippen LogP contribution in [0.5, 0.6) is 0 Å². The lowest BCUT2D eigenvalue weighted by Crippen LogP contribution is -2.43. The third-order valence-corrected chi connectivity index (χ3v) is 11.4. The minimum Gasteiger partial charge on any atom is -0.178 e. The molecule has 3 heteroatoms. The second kappa shape index (κ2) is 12.0. The Morgan fingerprint density at radius 2 is 1.00 bits per heavy atom. The smallest absolute Gasteiger partial charge is 0.178 e. The molecule has 0 spiro atoms. The number of para-hydroxylation sites is 2. The first-order chi connectivity index (χ1) is 26.8. The standard InChI is InChI=1S/C51H34N3/c1-4-16-35(17-5-1)36-28-30-37(31-29-36)49-44-24-12-14-26-46(44)53(34-52-49)54-47-27-15-11-23-41(47)43-33-32-42-40-22-10-13-25-45(40)51(48(42)50(43)54,38-18-6-2-7-19-38)39-20-8-3-9-21-39/h1-34H/q+1. The van der Waals surface area contributed by atoms with E-state index in [1.807, 2.05) is 6.33 Å². The van der Waals surface area contributed by atoms with E-state index in [4.69, 9.17) is 4.98 Å². The topological polar surface area (TPSA) is 21.7 Å². The van der Waals surface area contributed by atoms with Gasteiger partial charge in [-0.3, -0.25) is 0 Å². The molecule has 2 aromatic heterocycles. The molecule has 0 aliphatic heterocycles. The molecule has 252 valence electrons. The Kier molecular flexibility index (Phi) is 6.77. The van der Waals surface area contributed by atoms with E-state index in [0.717, 1.165) is 27.7 Å². The molecule has 0 amide bonds. The van der Waals surface area contributed by atoms with Crippen molar-refractivity contribution in [1.82, 2.24) is 9.66 Å². The normalized spacial score (nSPS) is 13.0. The molecular formula is C51H34N3+. The molecular weight excluding hydrogens is 655 g/mol. The minimum atomic E-state index is -0.565. The van der Waals surface area contributed by atoms with Gasteiger partial charge < -0.3 is 0 Å². The molecule has 2 heterocycles. The van der Waals surface area contributed by atoms with E-state index >= 15 is 0 Å². The van der Waals surface area contributed by atoms with Gasteiger partial charge in [-0.25, -0.2) is 0 Å². The van der Waals surface area contributed by atoms with Crippen LogP contribution in [0.25, 0.3) is 66.2 Å². The highest BCUT2D eigenvalue weighted by Gasteiger charge is 2.48. The van der Waals surface area contributed by atoms with E-state index < -0.39 is 5.41 Å². The van der Waals surface area contributed by atoms with E-state index in [9.17, 15) is 0 Å².